The van der Waals surface area contributed by atoms with E-state index in [9.17, 15) is 0 Å². The SMILES string of the molecule is CCN(CC)c1nc(NN)nc(NCCOC(C)C)n1. The first kappa shape index (κ1) is 16.4. The van der Waals surface area contributed by atoms with E-state index in [4.69, 9.17) is 10.6 Å². The molecule has 0 unspecified atom stereocenters. The molecule has 1 heterocycles. The summed E-state index contributed by atoms with van der Waals surface area (Å²) in [5.41, 5.74) is 2.46. The molecule has 0 saturated carbocycles. The first-order valence-corrected chi connectivity index (χ1v) is 6.93. The third-order valence-electron chi connectivity index (χ3n) is 2.64. The molecule has 8 heteroatoms. The fourth-order valence-electron chi connectivity index (χ4n) is 1.61. The lowest BCUT2D eigenvalue weighted by Crippen LogP contribution is -2.26. The van der Waals surface area contributed by atoms with E-state index >= 15 is 0 Å². The predicted octanol–water partition coefficient (Wildman–Crippen LogP) is 0.840. The Bertz CT molecular complexity index is 395. The quantitative estimate of drug-likeness (QED) is 0.348. The first-order chi connectivity index (χ1) is 9.60. The summed E-state index contributed by atoms with van der Waals surface area (Å²) in [5.74, 6) is 6.82. The lowest BCUT2D eigenvalue weighted by Gasteiger charge is -2.19. The molecule has 0 saturated heterocycles. The molecule has 4 N–H and O–H groups in total. The number of hydrazine groups is 1. The largest absolute Gasteiger partial charge is 0.377 e. The molecule has 0 bridgehead atoms. The molecule has 0 aromatic carbocycles. The number of nitrogens with zero attached hydrogens (tertiary/aromatic N) is 4. The molecule has 0 fully saturated rings. The Morgan fingerprint density at radius 1 is 1.15 bits per heavy atom. The maximum atomic E-state index is 5.46. The summed E-state index contributed by atoms with van der Waals surface area (Å²) in [4.78, 5) is 14.8. The highest BCUT2D eigenvalue weighted by Gasteiger charge is 2.10. The van der Waals surface area contributed by atoms with Gasteiger partial charge in [-0.1, -0.05) is 0 Å². The van der Waals surface area contributed by atoms with Crippen LogP contribution in [0.15, 0.2) is 0 Å². The van der Waals surface area contributed by atoms with Crippen molar-refractivity contribution < 1.29 is 4.74 Å². The maximum Gasteiger partial charge on any atom is 0.243 e. The highest BCUT2D eigenvalue weighted by molar-refractivity contribution is 5.43. The van der Waals surface area contributed by atoms with Gasteiger partial charge in [-0.3, -0.25) is 5.43 Å². The average molecular weight is 283 g/mol. The van der Waals surface area contributed by atoms with Gasteiger partial charge in [-0.2, -0.15) is 15.0 Å². The van der Waals surface area contributed by atoms with Gasteiger partial charge in [0.2, 0.25) is 17.8 Å². The summed E-state index contributed by atoms with van der Waals surface area (Å²) in [6.07, 6.45) is 0.211. The number of nitrogen functional groups attached to an aromatic ring is 1. The monoisotopic (exact) mass is 283 g/mol. The fourth-order valence-corrected chi connectivity index (χ4v) is 1.61. The zero-order valence-electron chi connectivity index (χ0n) is 12.7. The minimum atomic E-state index is 0.211. The van der Waals surface area contributed by atoms with Crippen LogP contribution in [-0.2, 0) is 4.74 Å². The van der Waals surface area contributed by atoms with Crippen molar-refractivity contribution in [3.63, 3.8) is 0 Å². The zero-order chi connectivity index (χ0) is 15.0. The standard InChI is InChI=1S/C12H25N7O/c1-5-19(6-2)12-16-10(15-11(17-12)18-13)14-7-8-20-9(3)4/h9H,5-8,13H2,1-4H3,(H2,14,15,16,17,18). The molecule has 0 aliphatic rings. The number of ether oxygens (including phenoxy) is 1. The number of nitrogens with two attached hydrogens (primary N) is 1. The van der Waals surface area contributed by atoms with Gasteiger partial charge in [-0.05, 0) is 27.7 Å². The maximum absolute atomic E-state index is 5.46. The molecule has 0 atom stereocenters. The molecule has 0 spiro atoms. The van der Waals surface area contributed by atoms with Crippen molar-refractivity contribution >= 4 is 17.8 Å². The lowest BCUT2D eigenvalue weighted by atomic mass is 10.5. The van der Waals surface area contributed by atoms with Crippen molar-refractivity contribution in [2.45, 2.75) is 33.8 Å². The van der Waals surface area contributed by atoms with Crippen LogP contribution in [0.25, 0.3) is 0 Å². The lowest BCUT2D eigenvalue weighted by molar-refractivity contribution is 0.0870. The van der Waals surface area contributed by atoms with Crippen LogP contribution in [0.1, 0.15) is 27.7 Å². The Morgan fingerprint density at radius 3 is 2.35 bits per heavy atom. The average Bonchev–Trinajstić information content (AvgIpc) is 2.44. The number of rotatable bonds is 9. The van der Waals surface area contributed by atoms with E-state index in [1.807, 2.05) is 32.6 Å². The molecular formula is C12H25N7O. The predicted molar refractivity (Wildman–Crippen MR) is 80.8 cm³/mol. The van der Waals surface area contributed by atoms with Crippen molar-refractivity contribution in [2.75, 3.05) is 41.9 Å². The van der Waals surface area contributed by atoms with E-state index < -0.39 is 0 Å². The molecule has 0 amide bonds. The summed E-state index contributed by atoms with van der Waals surface area (Å²) in [6, 6.07) is 0. The number of hydrogen-bond acceptors (Lipinski definition) is 8. The van der Waals surface area contributed by atoms with Crippen molar-refractivity contribution in [3.05, 3.63) is 0 Å². The third kappa shape index (κ3) is 5.14. The van der Waals surface area contributed by atoms with Crippen LogP contribution in [-0.4, -0.2) is 47.3 Å². The second-order valence-corrected chi connectivity index (χ2v) is 4.45. The molecule has 1 rings (SSSR count). The number of hydrogen-bond donors (Lipinski definition) is 3. The highest BCUT2D eigenvalue weighted by Crippen LogP contribution is 2.12. The Labute approximate surface area is 120 Å². The first-order valence-electron chi connectivity index (χ1n) is 6.93. The number of anilines is 3. The molecule has 0 aliphatic heterocycles. The van der Waals surface area contributed by atoms with E-state index in [1.165, 1.54) is 0 Å². The summed E-state index contributed by atoms with van der Waals surface area (Å²) in [5, 5.41) is 3.11. The normalized spacial score (nSPS) is 10.7. The Balaban J connectivity index is 2.72. The fraction of sp³-hybridized carbons (Fsp3) is 0.750. The summed E-state index contributed by atoms with van der Waals surface area (Å²) >= 11 is 0. The van der Waals surface area contributed by atoms with Crippen molar-refractivity contribution in [3.8, 4) is 0 Å². The van der Waals surface area contributed by atoms with E-state index in [0.29, 0.717) is 31.0 Å². The smallest absolute Gasteiger partial charge is 0.243 e. The van der Waals surface area contributed by atoms with Gasteiger partial charge in [0.15, 0.2) is 0 Å². The van der Waals surface area contributed by atoms with Crippen LogP contribution in [0.5, 0.6) is 0 Å². The number of aromatic nitrogens is 3. The van der Waals surface area contributed by atoms with Gasteiger partial charge < -0.3 is 15.0 Å². The van der Waals surface area contributed by atoms with Crippen molar-refractivity contribution in [1.29, 1.82) is 0 Å². The molecule has 8 nitrogen and oxygen atoms in total. The van der Waals surface area contributed by atoms with Gasteiger partial charge in [0.05, 0.1) is 12.7 Å². The van der Waals surface area contributed by atoms with Crippen molar-refractivity contribution in [1.82, 2.24) is 15.0 Å². The van der Waals surface area contributed by atoms with E-state index in [2.05, 4.69) is 25.7 Å². The van der Waals surface area contributed by atoms with Crippen molar-refractivity contribution in [2.24, 2.45) is 5.84 Å². The third-order valence-corrected chi connectivity index (χ3v) is 2.64. The molecular weight excluding hydrogens is 258 g/mol. The molecule has 0 aliphatic carbocycles. The topological polar surface area (TPSA) is 101 Å². The highest BCUT2D eigenvalue weighted by atomic mass is 16.5. The summed E-state index contributed by atoms with van der Waals surface area (Å²) in [6.45, 7) is 11.0. The second kappa shape index (κ2) is 8.49. The van der Waals surface area contributed by atoms with Crippen LogP contribution in [0.4, 0.5) is 17.8 Å². The Kier molecular flexibility index (Phi) is 6.96. The van der Waals surface area contributed by atoms with Gasteiger partial charge in [0, 0.05) is 19.6 Å². The van der Waals surface area contributed by atoms with Gasteiger partial charge in [-0.15, -0.1) is 0 Å². The molecule has 114 valence electrons. The van der Waals surface area contributed by atoms with Gasteiger partial charge >= 0.3 is 0 Å². The zero-order valence-corrected chi connectivity index (χ0v) is 12.7. The van der Waals surface area contributed by atoms with Crippen LogP contribution in [0.2, 0.25) is 0 Å². The van der Waals surface area contributed by atoms with Crippen LogP contribution < -0.4 is 21.5 Å². The van der Waals surface area contributed by atoms with E-state index in [-0.39, 0.29) is 6.10 Å². The minimum absolute atomic E-state index is 0.211. The van der Waals surface area contributed by atoms with Gasteiger partial charge in [0.25, 0.3) is 0 Å². The Hall–Kier alpha value is -1.67. The van der Waals surface area contributed by atoms with Crippen LogP contribution >= 0.6 is 0 Å². The van der Waals surface area contributed by atoms with Gasteiger partial charge in [0.1, 0.15) is 0 Å². The van der Waals surface area contributed by atoms with E-state index in [1.54, 1.807) is 0 Å². The van der Waals surface area contributed by atoms with E-state index in [0.717, 1.165) is 13.1 Å². The van der Waals surface area contributed by atoms with Gasteiger partial charge in [-0.25, -0.2) is 5.84 Å². The molecule has 20 heavy (non-hydrogen) atoms. The summed E-state index contributed by atoms with van der Waals surface area (Å²) in [7, 11) is 0. The van der Waals surface area contributed by atoms with Crippen LogP contribution in [0, 0.1) is 0 Å². The molecule has 0 radical (unpaired) electrons. The summed E-state index contributed by atoms with van der Waals surface area (Å²) < 4.78 is 5.46. The number of nitrogens with one attached hydrogen (secondary N) is 2. The molecule has 1 aromatic rings. The van der Waals surface area contributed by atoms with Crippen LogP contribution in [0.3, 0.4) is 0 Å². The molecule has 1 aromatic heterocycles. The minimum Gasteiger partial charge on any atom is -0.377 e. The second-order valence-electron chi connectivity index (χ2n) is 4.45. The Morgan fingerprint density at radius 2 is 1.80 bits per heavy atom.